The highest BCUT2D eigenvalue weighted by molar-refractivity contribution is 5.54. The fraction of sp³-hybridized carbons (Fsp3) is 0.429. The van der Waals surface area contributed by atoms with Gasteiger partial charge in [-0.3, -0.25) is 0 Å². The van der Waals surface area contributed by atoms with Gasteiger partial charge in [0.25, 0.3) is 0 Å². The lowest BCUT2D eigenvalue weighted by Gasteiger charge is -2.17. The van der Waals surface area contributed by atoms with Crippen LogP contribution in [0.2, 0.25) is 0 Å². The van der Waals surface area contributed by atoms with E-state index in [0.29, 0.717) is 17.3 Å². The molecule has 0 saturated carbocycles. The summed E-state index contributed by atoms with van der Waals surface area (Å²) in [6, 6.07) is 4.75. The molecule has 0 amide bonds. The second kappa shape index (κ2) is 5.48. The molecule has 2 heterocycles. The normalized spacial score (nSPS) is 17.1. The van der Waals surface area contributed by atoms with Crippen LogP contribution in [-0.2, 0) is 6.18 Å². The Bertz CT molecular complexity index is 601. The van der Waals surface area contributed by atoms with Crippen LogP contribution in [0.4, 0.5) is 13.2 Å². The van der Waals surface area contributed by atoms with E-state index in [9.17, 15) is 13.2 Å². The maximum absolute atomic E-state index is 12.5. The maximum Gasteiger partial charge on any atom is 0.416 e. The van der Waals surface area contributed by atoms with E-state index in [2.05, 4.69) is 15.5 Å². The first kappa shape index (κ1) is 14.1. The zero-order chi connectivity index (χ0) is 14.9. The van der Waals surface area contributed by atoms with Gasteiger partial charge in [-0.25, -0.2) is 5.32 Å². The summed E-state index contributed by atoms with van der Waals surface area (Å²) < 4.78 is 42.8. The molecule has 1 aromatic heterocycles. The average Bonchev–Trinajstić information content (AvgIpc) is 2.97. The summed E-state index contributed by atoms with van der Waals surface area (Å²) in [5.41, 5.74) is -0.178. The molecular formula is C14H13F3N3O. The first-order valence-corrected chi connectivity index (χ1v) is 6.68. The Morgan fingerprint density at radius 1 is 1.05 bits per heavy atom. The topological polar surface area (TPSA) is 53.0 Å². The number of nitrogens with zero attached hydrogens (tertiary/aromatic N) is 3. The number of aromatic nitrogens is 2. The van der Waals surface area contributed by atoms with Crippen molar-refractivity contribution in [2.45, 2.75) is 24.9 Å². The van der Waals surface area contributed by atoms with Gasteiger partial charge in [0.2, 0.25) is 11.7 Å². The van der Waals surface area contributed by atoms with Gasteiger partial charge in [-0.15, -0.1) is 0 Å². The minimum absolute atomic E-state index is 0.193. The summed E-state index contributed by atoms with van der Waals surface area (Å²) in [7, 11) is 0. The minimum atomic E-state index is -4.34. The second-order valence-electron chi connectivity index (χ2n) is 4.98. The average molecular weight is 296 g/mol. The van der Waals surface area contributed by atoms with Gasteiger partial charge in [-0.05, 0) is 25.0 Å². The highest BCUT2D eigenvalue weighted by atomic mass is 19.4. The van der Waals surface area contributed by atoms with E-state index >= 15 is 0 Å². The summed E-state index contributed by atoms with van der Waals surface area (Å²) in [5.74, 6) is 1.05. The lowest BCUT2D eigenvalue weighted by Crippen LogP contribution is -2.21. The Morgan fingerprint density at radius 2 is 1.71 bits per heavy atom. The number of alkyl halides is 3. The summed E-state index contributed by atoms with van der Waals surface area (Å²) in [4.78, 5) is 4.30. The highest BCUT2D eigenvalue weighted by Gasteiger charge is 2.30. The van der Waals surface area contributed by atoms with Crippen LogP contribution in [0.15, 0.2) is 28.8 Å². The molecule has 0 N–H and O–H groups in total. The number of benzene rings is 1. The van der Waals surface area contributed by atoms with E-state index in [1.165, 1.54) is 12.1 Å². The molecule has 1 aliphatic rings. The number of piperidine rings is 1. The molecule has 7 heteroatoms. The molecular weight excluding hydrogens is 283 g/mol. The van der Waals surface area contributed by atoms with Crippen LogP contribution in [0.1, 0.15) is 30.2 Å². The van der Waals surface area contributed by atoms with Crippen LogP contribution in [0.25, 0.3) is 11.4 Å². The zero-order valence-electron chi connectivity index (χ0n) is 11.1. The van der Waals surface area contributed by atoms with Crippen LogP contribution < -0.4 is 5.32 Å². The number of rotatable bonds is 2. The Hall–Kier alpha value is -1.89. The zero-order valence-corrected chi connectivity index (χ0v) is 11.1. The molecule has 3 rings (SSSR count). The van der Waals surface area contributed by atoms with E-state index in [1.54, 1.807) is 0 Å². The SMILES string of the molecule is FC(F)(F)c1ccc(-c2noc(C3CC[N]CC3)n2)cc1. The second-order valence-corrected chi connectivity index (χ2v) is 4.98. The molecule has 0 aliphatic carbocycles. The van der Waals surface area contributed by atoms with Crippen molar-refractivity contribution < 1.29 is 17.7 Å². The third-order valence-corrected chi connectivity index (χ3v) is 3.53. The molecule has 0 unspecified atom stereocenters. The van der Waals surface area contributed by atoms with Crippen molar-refractivity contribution in [3.05, 3.63) is 35.7 Å². The summed E-state index contributed by atoms with van der Waals surface area (Å²) in [5, 5.41) is 8.11. The summed E-state index contributed by atoms with van der Waals surface area (Å²) in [6.45, 7) is 1.56. The van der Waals surface area contributed by atoms with Crippen molar-refractivity contribution in [1.29, 1.82) is 0 Å². The lowest BCUT2D eigenvalue weighted by atomic mass is 9.98. The third-order valence-electron chi connectivity index (χ3n) is 3.53. The highest BCUT2D eigenvalue weighted by Crippen LogP contribution is 2.31. The maximum atomic E-state index is 12.5. The van der Waals surface area contributed by atoms with E-state index in [4.69, 9.17) is 4.52 Å². The summed E-state index contributed by atoms with van der Waals surface area (Å²) >= 11 is 0. The molecule has 0 spiro atoms. The van der Waals surface area contributed by atoms with Crippen molar-refractivity contribution >= 4 is 0 Å². The van der Waals surface area contributed by atoms with Crippen molar-refractivity contribution in [3.8, 4) is 11.4 Å². The van der Waals surface area contributed by atoms with Crippen molar-refractivity contribution in [2.24, 2.45) is 0 Å². The molecule has 4 nitrogen and oxygen atoms in total. The van der Waals surface area contributed by atoms with Gasteiger partial charge >= 0.3 is 6.18 Å². The van der Waals surface area contributed by atoms with Crippen LogP contribution >= 0.6 is 0 Å². The number of halogens is 3. The Kier molecular flexibility index (Phi) is 3.67. The van der Waals surface area contributed by atoms with Crippen molar-refractivity contribution in [1.82, 2.24) is 15.5 Å². The van der Waals surface area contributed by atoms with E-state index < -0.39 is 11.7 Å². The molecule has 1 aromatic carbocycles. The quantitative estimate of drug-likeness (QED) is 0.855. The van der Waals surface area contributed by atoms with E-state index in [0.717, 1.165) is 38.1 Å². The molecule has 1 radical (unpaired) electrons. The Morgan fingerprint density at radius 3 is 2.33 bits per heavy atom. The third kappa shape index (κ3) is 3.07. The van der Waals surface area contributed by atoms with Gasteiger partial charge < -0.3 is 4.52 Å². The number of hydrogen-bond acceptors (Lipinski definition) is 3. The van der Waals surface area contributed by atoms with Gasteiger partial charge in [0.05, 0.1) is 5.56 Å². The van der Waals surface area contributed by atoms with Gasteiger partial charge in [0.1, 0.15) is 0 Å². The van der Waals surface area contributed by atoms with Crippen LogP contribution in [0.3, 0.4) is 0 Å². The fourth-order valence-electron chi connectivity index (χ4n) is 2.32. The molecule has 111 valence electrons. The summed E-state index contributed by atoms with van der Waals surface area (Å²) in [6.07, 6.45) is -2.60. The van der Waals surface area contributed by atoms with Crippen molar-refractivity contribution in [2.75, 3.05) is 13.1 Å². The van der Waals surface area contributed by atoms with E-state index in [-0.39, 0.29) is 5.92 Å². The smallest absolute Gasteiger partial charge is 0.339 e. The molecule has 21 heavy (non-hydrogen) atoms. The lowest BCUT2D eigenvalue weighted by molar-refractivity contribution is -0.137. The molecule has 0 atom stereocenters. The molecule has 1 saturated heterocycles. The van der Waals surface area contributed by atoms with Gasteiger partial charge in [-0.1, -0.05) is 17.3 Å². The van der Waals surface area contributed by atoms with Gasteiger partial charge in [0.15, 0.2) is 0 Å². The van der Waals surface area contributed by atoms with Crippen LogP contribution in [0, 0.1) is 0 Å². The monoisotopic (exact) mass is 296 g/mol. The van der Waals surface area contributed by atoms with Crippen molar-refractivity contribution in [3.63, 3.8) is 0 Å². The fourth-order valence-corrected chi connectivity index (χ4v) is 2.32. The van der Waals surface area contributed by atoms with E-state index in [1.807, 2.05) is 0 Å². The first-order valence-electron chi connectivity index (χ1n) is 6.68. The van der Waals surface area contributed by atoms with Crippen LogP contribution in [0.5, 0.6) is 0 Å². The van der Waals surface area contributed by atoms with Crippen LogP contribution in [-0.4, -0.2) is 23.2 Å². The Labute approximate surface area is 119 Å². The minimum Gasteiger partial charge on any atom is -0.339 e. The predicted molar refractivity (Wildman–Crippen MR) is 68.6 cm³/mol. The number of hydrogen-bond donors (Lipinski definition) is 0. The Balaban J connectivity index is 1.79. The molecule has 0 bridgehead atoms. The van der Waals surface area contributed by atoms with Gasteiger partial charge in [0, 0.05) is 24.6 Å². The largest absolute Gasteiger partial charge is 0.416 e. The van der Waals surface area contributed by atoms with Gasteiger partial charge in [-0.2, -0.15) is 18.2 Å². The molecule has 1 fully saturated rings. The standard InChI is InChI=1S/C14H13F3N3O/c15-14(16,17)11-3-1-9(2-4-11)12-19-13(21-20-12)10-5-7-18-8-6-10/h1-4,10H,5-8H2. The molecule has 2 aromatic rings. The predicted octanol–water partition coefficient (Wildman–Crippen LogP) is 3.24. The first-order chi connectivity index (χ1) is 10.0. The molecule has 1 aliphatic heterocycles.